The van der Waals surface area contributed by atoms with Gasteiger partial charge in [0, 0.05) is 11.6 Å². The Labute approximate surface area is 90.2 Å². The molecule has 70 valence electrons. The van der Waals surface area contributed by atoms with Gasteiger partial charge in [-0.25, -0.2) is 4.57 Å². The van der Waals surface area contributed by atoms with Crippen molar-refractivity contribution in [1.29, 1.82) is 0 Å². The van der Waals surface area contributed by atoms with Gasteiger partial charge in [-0.3, -0.25) is 0 Å². The molecule has 0 unspecified atom stereocenters. The molecule has 0 aliphatic heterocycles. The van der Waals surface area contributed by atoms with Crippen LogP contribution in [-0.4, -0.2) is 0 Å². The molecule has 0 bridgehead atoms. The van der Waals surface area contributed by atoms with E-state index in [1.165, 1.54) is 5.56 Å². The molecule has 1 heterocycles. The van der Waals surface area contributed by atoms with Crippen molar-refractivity contribution in [3.05, 3.63) is 55.4 Å². The second-order valence-corrected chi connectivity index (χ2v) is 2.69. The molecular weight excluding hydrogens is 226 g/mol. The van der Waals surface area contributed by atoms with Gasteiger partial charge in [-0.15, -0.1) is 6.58 Å². The highest BCUT2D eigenvalue weighted by Crippen LogP contribution is 1.95. The fourth-order valence-electron chi connectivity index (χ4n) is 1.13. The zero-order valence-corrected chi connectivity index (χ0v) is 9.20. The summed E-state index contributed by atoms with van der Waals surface area (Å²) in [5.41, 5.74) is 1.29. The molecule has 1 rings (SSSR count). The Morgan fingerprint density at radius 2 is 2.08 bits per heavy atom. The maximum Gasteiger partial charge on any atom is 0.172 e. The number of rotatable bonds is 4. The van der Waals surface area contributed by atoms with Crippen molar-refractivity contribution in [2.45, 2.75) is 13.0 Å². The average Bonchev–Trinajstić information content (AvgIpc) is 2.06. The Kier molecular flexibility index (Phi) is 6.15. The predicted molar refractivity (Wildman–Crippen MR) is 50.7 cm³/mol. The highest BCUT2D eigenvalue weighted by Gasteiger charge is 1.97. The van der Waals surface area contributed by atoms with E-state index in [1.807, 2.05) is 24.4 Å². The molecular formula is C11H14BrN. The second-order valence-electron chi connectivity index (χ2n) is 2.69. The van der Waals surface area contributed by atoms with Crippen LogP contribution in [0.5, 0.6) is 0 Å². The highest BCUT2D eigenvalue weighted by atomic mass is 79.9. The van der Waals surface area contributed by atoms with Crippen LogP contribution in [0.15, 0.2) is 49.8 Å². The summed E-state index contributed by atoms with van der Waals surface area (Å²) in [7, 11) is 0. The van der Waals surface area contributed by atoms with Gasteiger partial charge in [-0.2, -0.15) is 0 Å². The first-order valence-electron chi connectivity index (χ1n) is 4.06. The molecule has 0 spiro atoms. The molecule has 0 amide bonds. The molecule has 0 N–H and O–H groups in total. The molecule has 0 aliphatic carbocycles. The Hall–Kier alpha value is -0.890. The van der Waals surface area contributed by atoms with Crippen molar-refractivity contribution in [2.75, 3.05) is 0 Å². The van der Waals surface area contributed by atoms with E-state index in [9.17, 15) is 0 Å². The summed E-state index contributed by atoms with van der Waals surface area (Å²) in [4.78, 5) is 0. The van der Waals surface area contributed by atoms with E-state index in [4.69, 9.17) is 0 Å². The number of hydrogen-bond acceptors (Lipinski definition) is 0. The Morgan fingerprint density at radius 1 is 1.31 bits per heavy atom. The SMILES string of the molecule is C=CCc1ccc[n+](CC=C)c1.[Br-]. The quantitative estimate of drug-likeness (QED) is 0.464. The van der Waals surface area contributed by atoms with Crippen molar-refractivity contribution in [2.24, 2.45) is 0 Å². The Bertz CT molecular complexity index is 256. The molecule has 0 saturated carbocycles. The summed E-state index contributed by atoms with van der Waals surface area (Å²) in [5.74, 6) is 0. The minimum atomic E-state index is 0. The number of halogens is 1. The summed E-state index contributed by atoms with van der Waals surface area (Å²) >= 11 is 0. The van der Waals surface area contributed by atoms with Gasteiger partial charge >= 0.3 is 0 Å². The van der Waals surface area contributed by atoms with Crippen molar-refractivity contribution < 1.29 is 21.5 Å². The zero-order chi connectivity index (χ0) is 8.81. The van der Waals surface area contributed by atoms with Crippen LogP contribution in [0.4, 0.5) is 0 Å². The van der Waals surface area contributed by atoms with Gasteiger partial charge in [0.1, 0.15) is 0 Å². The van der Waals surface area contributed by atoms with Crippen molar-refractivity contribution in [3.63, 3.8) is 0 Å². The summed E-state index contributed by atoms with van der Waals surface area (Å²) in [6, 6.07) is 4.14. The molecule has 1 aromatic heterocycles. The molecule has 0 aromatic carbocycles. The van der Waals surface area contributed by atoms with Crippen LogP contribution in [-0.2, 0) is 13.0 Å². The van der Waals surface area contributed by atoms with E-state index in [0.717, 1.165) is 13.0 Å². The highest BCUT2D eigenvalue weighted by molar-refractivity contribution is 5.08. The molecule has 1 aromatic rings. The third-order valence-corrected chi connectivity index (χ3v) is 1.64. The van der Waals surface area contributed by atoms with Crippen molar-refractivity contribution >= 4 is 0 Å². The van der Waals surface area contributed by atoms with Gasteiger partial charge < -0.3 is 17.0 Å². The topological polar surface area (TPSA) is 3.88 Å². The van der Waals surface area contributed by atoms with E-state index < -0.39 is 0 Å². The van der Waals surface area contributed by atoms with Crippen LogP contribution in [0.25, 0.3) is 0 Å². The first-order chi connectivity index (χ1) is 5.86. The lowest BCUT2D eigenvalue weighted by Crippen LogP contribution is -3.00. The van der Waals surface area contributed by atoms with Crippen molar-refractivity contribution in [1.82, 2.24) is 0 Å². The number of pyridine rings is 1. The first kappa shape index (κ1) is 12.1. The predicted octanol–water partition coefficient (Wildman–Crippen LogP) is -1.11. The van der Waals surface area contributed by atoms with Gasteiger partial charge in [0.25, 0.3) is 0 Å². The van der Waals surface area contributed by atoms with Gasteiger partial charge in [-0.1, -0.05) is 12.7 Å². The van der Waals surface area contributed by atoms with Crippen LogP contribution >= 0.6 is 0 Å². The Morgan fingerprint density at radius 3 is 2.69 bits per heavy atom. The smallest absolute Gasteiger partial charge is 0.172 e. The third-order valence-electron chi connectivity index (χ3n) is 1.64. The van der Waals surface area contributed by atoms with Gasteiger partial charge in [-0.05, 0) is 18.6 Å². The molecule has 0 radical (unpaired) electrons. The fourth-order valence-corrected chi connectivity index (χ4v) is 1.13. The van der Waals surface area contributed by atoms with E-state index in [-0.39, 0.29) is 17.0 Å². The summed E-state index contributed by atoms with van der Waals surface area (Å²) in [5, 5.41) is 0. The lowest BCUT2D eigenvalue weighted by Gasteiger charge is -1.94. The van der Waals surface area contributed by atoms with E-state index >= 15 is 0 Å². The fraction of sp³-hybridized carbons (Fsp3) is 0.182. The minimum Gasteiger partial charge on any atom is -1.00 e. The minimum absolute atomic E-state index is 0. The van der Waals surface area contributed by atoms with Gasteiger partial charge in [0.05, 0.1) is 0 Å². The molecule has 0 fully saturated rings. The molecule has 0 saturated heterocycles. The summed E-state index contributed by atoms with van der Waals surface area (Å²) in [6.45, 7) is 8.26. The van der Waals surface area contributed by atoms with E-state index in [0.29, 0.717) is 0 Å². The number of allylic oxidation sites excluding steroid dienone is 2. The molecule has 1 nitrogen and oxygen atoms in total. The number of nitrogens with zero attached hydrogens (tertiary/aromatic N) is 1. The first-order valence-corrected chi connectivity index (χ1v) is 4.06. The average molecular weight is 240 g/mol. The van der Waals surface area contributed by atoms with Crippen LogP contribution in [0.1, 0.15) is 5.56 Å². The molecule has 0 aliphatic rings. The van der Waals surface area contributed by atoms with E-state index in [2.05, 4.69) is 30.0 Å². The summed E-state index contributed by atoms with van der Waals surface area (Å²) < 4.78 is 2.10. The van der Waals surface area contributed by atoms with Gasteiger partial charge in [0.2, 0.25) is 0 Å². The standard InChI is InChI=1S/C11H14N.BrH/c1-3-6-11-7-5-9-12(10-11)8-4-2;/h3-5,7,9-10H,1-2,6,8H2;1H/q+1;/p-1. The summed E-state index contributed by atoms with van der Waals surface area (Å²) in [6.07, 6.45) is 8.88. The lowest BCUT2D eigenvalue weighted by atomic mass is 10.2. The van der Waals surface area contributed by atoms with E-state index in [1.54, 1.807) is 0 Å². The van der Waals surface area contributed by atoms with Crippen LogP contribution in [0, 0.1) is 0 Å². The maximum absolute atomic E-state index is 3.70. The third kappa shape index (κ3) is 4.04. The van der Waals surface area contributed by atoms with Crippen LogP contribution in [0.3, 0.4) is 0 Å². The Balaban J connectivity index is 0.00000144. The number of aromatic nitrogens is 1. The lowest BCUT2D eigenvalue weighted by molar-refractivity contribution is -0.687. The van der Waals surface area contributed by atoms with Gasteiger partial charge in [0.15, 0.2) is 18.9 Å². The second kappa shape index (κ2) is 6.61. The maximum atomic E-state index is 3.70. The monoisotopic (exact) mass is 239 g/mol. The largest absolute Gasteiger partial charge is 1.00 e. The van der Waals surface area contributed by atoms with Crippen molar-refractivity contribution in [3.8, 4) is 0 Å². The van der Waals surface area contributed by atoms with Crippen LogP contribution in [0.2, 0.25) is 0 Å². The van der Waals surface area contributed by atoms with Crippen LogP contribution < -0.4 is 21.5 Å². The normalized spacial score (nSPS) is 8.62. The molecule has 13 heavy (non-hydrogen) atoms. The molecule has 0 atom stereocenters. The zero-order valence-electron chi connectivity index (χ0n) is 7.62. The number of hydrogen-bond donors (Lipinski definition) is 0. The molecule has 2 heteroatoms.